The van der Waals surface area contributed by atoms with Crippen LogP contribution >= 0.6 is 11.6 Å². The number of nitriles is 1. The third-order valence-corrected chi connectivity index (χ3v) is 2.66. The highest BCUT2D eigenvalue weighted by atomic mass is 35.5. The van der Waals surface area contributed by atoms with Crippen LogP contribution in [-0.4, -0.2) is 0 Å². The number of nitrogens with zero attached hydrogens (tertiary/aromatic N) is 1. The van der Waals surface area contributed by atoms with Gasteiger partial charge in [-0.2, -0.15) is 5.26 Å². The molecule has 0 heterocycles. The van der Waals surface area contributed by atoms with E-state index in [2.05, 4.69) is 6.07 Å². The van der Waals surface area contributed by atoms with Crippen LogP contribution in [0.25, 0.3) is 11.1 Å². The lowest BCUT2D eigenvalue weighted by atomic mass is 9.98. The first kappa shape index (κ1) is 10.7. The van der Waals surface area contributed by atoms with Crippen LogP contribution in [0.15, 0.2) is 48.5 Å². The van der Waals surface area contributed by atoms with Crippen molar-refractivity contribution in [2.24, 2.45) is 0 Å². The molecule has 2 aromatic carbocycles. The Bertz CT molecular complexity index is 540. The Morgan fingerprint density at radius 3 is 2.62 bits per heavy atom. The van der Waals surface area contributed by atoms with Crippen molar-refractivity contribution in [2.45, 2.75) is 6.42 Å². The van der Waals surface area contributed by atoms with Crippen molar-refractivity contribution in [3.8, 4) is 17.2 Å². The molecule has 16 heavy (non-hydrogen) atoms. The van der Waals surface area contributed by atoms with Crippen molar-refractivity contribution in [3.05, 3.63) is 59.1 Å². The third kappa shape index (κ3) is 2.24. The summed E-state index contributed by atoms with van der Waals surface area (Å²) >= 11 is 5.96. The Morgan fingerprint density at radius 2 is 1.88 bits per heavy atom. The van der Waals surface area contributed by atoms with E-state index in [1.807, 2.05) is 48.5 Å². The Morgan fingerprint density at radius 1 is 1.06 bits per heavy atom. The largest absolute Gasteiger partial charge is 0.198 e. The number of halogens is 1. The molecular weight excluding hydrogens is 218 g/mol. The zero-order valence-electron chi connectivity index (χ0n) is 8.65. The van der Waals surface area contributed by atoms with Gasteiger partial charge in [-0.05, 0) is 28.8 Å². The van der Waals surface area contributed by atoms with Gasteiger partial charge in [-0.1, -0.05) is 48.0 Å². The van der Waals surface area contributed by atoms with Gasteiger partial charge in [-0.15, -0.1) is 0 Å². The van der Waals surface area contributed by atoms with Crippen LogP contribution in [0.5, 0.6) is 0 Å². The van der Waals surface area contributed by atoms with E-state index >= 15 is 0 Å². The topological polar surface area (TPSA) is 23.8 Å². The molecule has 0 N–H and O–H groups in total. The molecule has 0 aliphatic rings. The lowest BCUT2D eigenvalue weighted by molar-refractivity contribution is 1.26. The van der Waals surface area contributed by atoms with Crippen molar-refractivity contribution in [3.63, 3.8) is 0 Å². The molecule has 0 aromatic heterocycles. The van der Waals surface area contributed by atoms with Crippen LogP contribution < -0.4 is 0 Å². The summed E-state index contributed by atoms with van der Waals surface area (Å²) in [5, 5.41) is 9.48. The van der Waals surface area contributed by atoms with E-state index in [9.17, 15) is 0 Å². The Hall–Kier alpha value is -1.78. The lowest BCUT2D eigenvalue weighted by Gasteiger charge is -2.06. The highest BCUT2D eigenvalue weighted by Gasteiger charge is 2.04. The van der Waals surface area contributed by atoms with Gasteiger partial charge in [-0.25, -0.2) is 0 Å². The molecule has 0 radical (unpaired) electrons. The molecule has 0 spiro atoms. The standard InChI is InChI=1S/C14H10ClN/c15-13-6-3-5-12(10-13)14-7-2-1-4-11(14)8-9-16/h1-7,10H,8H2. The maximum absolute atomic E-state index is 8.77. The summed E-state index contributed by atoms with van der Waals surface area (Å²) in [7, 11) is 0. The Labute approximate surface area is 99.9 Å². The number of benzene rings is 2. The third-order valence-electron chi connectivity index (χ3n) is 2.42. The second kappa shape index (κ2) is 4.83. The zero-order valence-corrected chi connectivity index (χ0v) is 9.41. The minimum atomic E-state index is 0.419. The number of hydrogen-bond donors (Lipinski definition) is 0. The van der Waals surface area contributed by atoms with Gasteiger partial charge in [0, 0.05) is 5.02 Å². The summed E-state index contributed by atoms with van der Waals surface area (Å²) in [5.74, 6) is 0. The zero-order chi connectivity index (χ0) is 11.4. The minimum Gasteiger partial charge on any atom is -0.198 e. The average Bonchev–Trinajstić information content (AvgIpc) is 2.30. The van der Waals surface area contributed by atoms with Gasteiger partial charge in [0.1, 0.15) is 0 Å². The number of hydrogen-bond acceptors (Lipinski definition) is 1. The Kier molecular flexibility index (Phi) is 3.24. The van der Waals surface area contributed by atoms with Gasteiger partial charge in [-0.3, -0.25) is 0 Å². The lowest BCUT2D eigenvalue weighted by Crippen LogP contribution is -1.87. The fourth-order valence-electron chi connectivity index (χ4n) is 1.70. The molecule has 0 saturated carbocycles. The summed E-state index contributed by atoms with van der Waals surface area (Å²) in [4.78, 5) is 0. The molecule has 0 aliphatic carbocycles. The van der Waals surface area contributed by atoms with E-state index < -0.39 is 0 Å². The van der Waals surface area contributed by atoms with E-state index in [-0.39, 0.29) is 0 Å². The second-order valence-corrected chi connectivity index (χ2v) is 3.94. The van der Waals surface area contributed by atoms with Crippen molar-refractivity contribution >= 4 is 11.6 Å². The molecule has 2 rings (SSSR count). The van der Waals surface area contributed by atoms with Gasteiger partial charge in [0.25, 0.3) is 0 Å². The van der Waals surface area contributed by atoms with E-state index in [0.29, 0.717) is 11.4 Å². The quantitative estimate of drug-likeness (QED) is 0.759. The molecule has 1 nitrogen and oxygen atoms in total. The molecule has 2 aromatic rings. The maximum Gasteiger partial charge on any atom is 0.0669 e. The minimum absolute atomic E-state index is 0.419. The van der Waals surface area contributed by atoms with E-state index in [1.165, 1.54) is 0 Å². The van der Waals surface area contributed by atoms with Crippen LogP contribution in [0.3, 0.4) is 0 Å². The van der Waals surface area contributed by atoms with Crippen molar-refractivity contribution in [1.29, 1.82) is 5.26 Å². The molecule has 78 valence electrons. The van der Waals surface area contributed by atoms with Crippen molar-refractivity contribution < 1.29 is 0 Å². The number of rotatable bonds is 2. The van der Waals surface area contributed by atoms with Gasteiger partial charge >= 0.3 is 0 Å². The summed E-state index contributed by atoms with van der Waals surface area (Å²) in [6, 6.07) is 17.8. The van der Waals surface area contributed by atoms with Gasteiger partial charge in [0.15, 0.2) is 0 Å². The summed E-state index contributed by atoms with van der Waals surface area (Å²) in [5.41, 5.74) is 3.16. The maximum atomic E-state index is 8.77. The summed E-state index contributed by atoms with van der Waals surface area (Å²) in [6.45, 7) is 0. The molecule has 0 unspecified atom stereocenters. The fraction of sp³-hybridized carbons (Fsp3) is 0.0714. The second-order valence-electron chi connectivity index (χ2n) is 3.50. The first-order chi connectivity index (χ1) is 7.81. The smallest absolute Gasteiger partial charge is 0.0669 e. The SMILES string of the molecule is N#CCc1ccccc1-c1cccc(Cl)c1. The fourth-order valence-corrected chi connectivity index (χ4v) is 1.89. The van der Waals surface area contributed by atoms with Crippen molar-refractivity contribution in [1.82, 2.24) is 0 Å². The molecular formula is C14H10ClN. The monoisotopic (exact) mass is 227 g/mol. The normalized spacial score (nSPS) is 9.75. The van der Waals surface area contributed by atoms with Crippen LogP contribution in [0, 0.1) is 11.3 Å². The molecule has 0 saturated heterocycles. The average molecular weight is 228 g/mol. The predicted molar refractivity (Wildman–Crippen MR) is 66.2 cm³/mol. The molecule has 0 bridgehead atoms. The molecule has 0 aliphatic heterocycles. The summed E-state index contributed by atoms with van der Waals surface area (Å²) < 4.78 is 0. The van der Waals surface area contributed by atoms with Gasteiger partial charge < -0.3 is 0 Å². The van der Waals surface area contributed by atoms with Crippen molar-refractivity contribution in [2.75, 3.05) is 0 Å². The molecule has 0 atom stereocenters. The van der Waals surface area contributed by atoms with E-state index in [1.54, 1.807) is 0 Å². The van der Waals surface area contributed by atoms with E-state index in [0.717, 1.165) is 16.7 Å². The highest BCUT2D eigenvalue weighted by molar-refractivity contribution is 6.30. The predicted octanol–water partition coefficient (Wildman–Crippen LogP) is 4.07. The van der Waals surface area contributed by atoms with Crippen LogP contribution in [0.4, 0.5) is 0 Å². The summed E-state index contributed by atoms with van der Waals surface area (Å²) in [6.07, 6.45) is 0.419. The van der Waals surface area contributed by atoms with Crippen LogP contribution in [-0.2, 0) is 6.42 Å². The molecule has 0 amide bonds. The van der Waals surface area contributed by atoms with Gasteiger partial charge in [0.05, 0.1) is 12.5 Å². The van der Waals surface area contributed by atoms with Crippen LogP contribution in [0.1, 0.15) is 5.56 Å². The first-order valence-corrected chi connectivity index (χ1v) is 5.40. The Balaban J connectivity index is 2.52. The van der Waals surface area contributed by atoms with Gasteiger partial charge in [0.2, 0.25) is 0 Å². The van der Waals surface area contributed by atoms with E-state index in [4.69, 9.17) is 16.9 Å². The first-order valence-electron chi connectivity index (χ1n) is 5.02. The molecule has 2 heteroatoms. The molecule has 0 fully saturated rings. The highest BCUT2D eigenvalue weighted by Crippen LogP contribution is 2.26. The van der Waals surface area contributed by atoms with Crippen LogP contribution in [0.2, 0.25) is 5.02 Å².